The number of nitrogens with zero attached hydrogens (tertiary/aromatic N) is 6. The molecule has 0 radical (unpaired) electrons. The summed E-state index contributed by atoms with van der Waals surface area (Å²) < 4.78 is 27.2. The molecule has 10 atom stereocenters. The third-order valence-electron chi connectivity index (χ3n) is 15.6. The minimum atomic E-state index is -0.393. The molecule has 0 spiro atoms. The van der Waals surface area contributed by atoms with E-state index in [1.807, 2.05) is 54.9 Å². The van der Waals surface area contributed by atoms with Gasteiger partial charge in [-0.3, -0.25) is 19.8 Å². The van der Waals surface area contributed by atoms with Crippen molar-refractivity contribution in [3.05, 3.63) is 133 Å². The largest absolute Gasteiger partial charge is 0.497 e. The minimum absolute atomic E-state index is 0.106. The van der Waals surface area contributed by atoms with Crippen LogP contribution in [0.2, 0.25) is 0 Å². The quantitative estimate of drug-likeness (QED) is 0.105. The van der Waals surface area contributed by atoms with E-state index in [1.165, 1.54) is 25.7 Å². The Morgan fingerprint density at radius 1 is 0.576 bits per heavy atom. The highest BCUT2D eigenvalue weighted by Gasteiger charge is 2.47. The second kappa shape index (κ2) is 18.3. The van der Waals surface area contributed by atoms with Crippen molar-refractivity contribution in [3.8, 4) is 45.8 Å². The van der Waals surface area contributed by atoms with Crippen LogP contribution in [0.5, 0.6) is 23.3 Å². The van der Waals surface area contributed by atoms with Gasteiger partial charge in [-0.1, -0.05) is 87.4 Å². The number of pyridine rings is 2. The number of aromatic nitrogens is 4. The first-order valence-corrected chi connectivity index (χ1v) is 24.2. The molecule has 0 saturated carbocycles. The molecule has 10 heteroatoms. The van der Waals surface area contributed by atoms with Gasteiger partial charge in [0, 0.05) is 52.9 Å². The number of methoxy groups -OCH3 is 2. The van der Waals surface area contributed by atoms with E-state index in [0.717, 1.165) is 100 Å². The van der Waals surface area contributed by atoms with Gasteiger partial charge in [0.2, 0.25) is 11.8 Å². The first kappa shape index (κ1) is 42.5. The van der Waals surface area contributed by atoms with E-state index in [0.29, 0.717) is 41.3 Å². The normalized spacial score (nSPS) is 25.4. The number of piperidine rings is 6. The van der Waals surface area contributed by atoms with Crippen LogP contribution < -0.4 is 18.9 Å². The zero-order valence-electron chi connectivity index (χ0n) is 38.6. The molecule has 0 N–H and O–H groups in total. The van der Waals surface area contributed by atoms with Gasteiger partial charge in [0.25, 0.3) is 0 Å². The number of ether oxygens (including phenoxy) is 4. The van der Waals surface area contributed by atoms with Crippen LogP contribution in [0.3, 0.4) is 0 Å². The Morgan fingerprint density at radius 2 is 1.05 bits per heavy atom. The lowest BCUT2D eigenvalue weighted by atomic mass is 9.72. The fourth-order valence-corrected chi connectivity index (χ4v) is 12.1. The van der Waals surface area contributed by atoms with Crippen molar-refractivity contribution >= 4 is 21.8 Å². The fourth-order valence-electron chi connectivity index (χ4n) is 12.1. The highest BCUT2D eigenvalue weighted by Crippen LogP contribution is 2.50. The van der Waals surface area contributed by atoms with E-state index < -0.39 is 12.2 Å². The van der Waals surface area contributed by atoms with Gasteiger partial charge in [0.05, 0.1) is 37.3 Å². The lowest BCUT2D eigenvalue weighted by Crippen LogP contribution is -2.56. The Kier molecular flexibility index (Phi) is 11.8. The van der Waals surface area contributed by atoms with Gasteiger partial charge in [-0.15, -0.1) is 0 Å². The third kappa shape index (κ3) is 7.91. The van der Waals surface area contributed by atoms with Crippen molar-refractivity contribution in [2.24, 2.45) is 23.7 Å². The average Bonchev–Trinajstić information content (AvgIpc) is 3.39. The average molecular weight is 881 g/mol. The summed E-state index contributed by atoms with van der Waals surface area (Å²) in [5.41, 5.74) is 6.48. The molecule has 66 heavy (non-hydrogen) atoms. The molecule has 6 saturated heterocycles. The molecule has 0 amide bonds. The summed E-state index contributed by atoms with van der Waals surface area (Å²) in [6.45, 7) is 8.88. The molecule has 13 rings (SSSR count). The standard InChI is InChI=1S/C56H60N6O4/c1-5-35-33-61-27-23-39(35)29-49(61)52(43-21-25-57-47-19-17-41(63-3)31-45(43)47)65-55-51(37-13-9-7-10-14-37)56(60-54(59-55)38-15-11-8-12-16-38)66-53(50-30-40-24-28-62(50)34-36(40)6-2)44-22-26-58-48-20-18-42(64-4)32-46(44)48/h7-22,25-26,31-32,35-36,39-40,49-50,52-53H,5-6,23-24,27-30,33-34H2,1-4H3/t35-,36-,39-,40?,49-,50-,52+,53+/m0/s1. The van der Waals surface area contributed by atoms with Crippen LogP contribution in [0.15, 0.2) is 122 Å². The lowest BCUT2D eigenvalue weighted by Gasteiger charge is -2.52. The van der Waals surface area contributed by atoms with E-state index >= 15 is 0 Å². The van der Waals surface area contributed by atoms with E-state index in [-0.39, 0.29) is 12.1 Å². The van der Waals surface area contributed by atoms with E-state index in [4.69, 9.17) is 38.9 Å². The molecular weight excluding hydrogens is 821 g/mol. The topological polar surface area (TPSA) is 95.0 Å². The summed E-state index contributed by atoms with van der Waals surface area (Å²) in [6, 6.07) is 37.4. The second-order valence-corrected chi connectivity index (χ2v) is 18.9. The van der Waals surface area contributed by atoms with Crippen LogP contribution >= 0.6 is 0 Å². The summed E-state index contributed by atoms with van der Waals surface area (Å²) in [4.78, 5) is 26.0. The van der Waals surface area contributed by atoms with Crippen molar-refractivity contribution in [3.63, 3.8) is 0 Å². The number of benzene rings is 4. The fraction of sp³-hybridized carbons (Fsp3) is 0.393. The molecule has 4 aromatic carbocycles. The van der Waals surface area contributed by atoms with Crippen molar-refractivity contribution in [2.45, 2.75) is 76.7 Å². The van der Waals surface area contributed by atoms with Crippen LogP contribution in [0.25, 0.3) is 44.3 Å². The molecule has 6 aliphatic heterocycles. The Morgan fingerprint density at radius 3 is 1.47 bits per heavy atom. The van der Waals surface area contributed by atoms with Crippen LogP contribution in [0.1, 0.15) is 75.7 Å². The van der Waals surface area contributed by atoms with Crippen LogP contribution in [-0.4, -0.2) is 82.2 Å². The SMILES string of the molecule is CC[C@H]1CN2CCC1C[C@H]2[C@H](Oc1nc(-c2ccccc2)nc(O[C@H](c2ccnc3ccc(OC)cc23)[C@@H]2C[C@@H]3CCN2C[C@@H]3CC)c1-c1ccccc1)c1ccnc2ccc(OC)cc12. The smallest absolute Gasteiger partial charge is 0.229 e. The van der Waals surface area contributed by atoms with Crippen molar-refractivity contribution < 1.29 is 18.9 Å². The molecule has 3 aromatic heterocycles. The van der Waals surface area contributed by atoms with Gasteiger partial charge < -0.3 is 18.9 Å². The predicted molar refractivity (Wildman–Crippen MR) is 260 cm³/mol. The minimum Gasteiger partial charge on any atom is -0.497 e. The zero-order valence-corrected chi connectivity index (χ0v) is 38.6. The first-order chi connectivity index (χ1) is 32.5. The third-order valence-corrected chi connectivity index (χ3v) is 15.6. The van der Waals surface area contributed by atoms with Crippen LogP contribution in [0.4, 0.5) is 0 Å². The highest BCUT2D eigenvalue weighted by atomic mass is 16.5. The Labute approximate surface area is 388 Å². The van der Waals surface area contributed by atoms with Crippen LogP contribution in [0, 0.1) is 23.7 Å². The van der Waals surface area contributed by atoms with Gasteiger partial charge in [0.15, 0.2) is 5.82 Å². The van der Waals surface area contributed by atoms with Gasteiger partial charge in [-0.25, -0.2) is 0 Å². The second-order valence-electron chi connectivity index (χ2n) is 18.9. The summed E-state index contributed by atoms with van der Waals surface area (Å²) in [6.07, 6.45) is 9.90. The van der Waals surface area contributed by atoms with Crippen molar-refractivity contribution in [1.82, 2.24) is 29.7 Å². The van der Waals surface area contributed by atoms with E-state index in [2.05, 4.69) is 90.4 Å². The molecule has 4 bridgehead atoms. The Hall–Kier alpha value is -6.10. The van der Waals surface area contributed by atoms with Crippen molar-refractivity contribution in [2.75, 3.05) is 40.4 Å². The molecule has 6 aliphatic rings. The van der Waals surface area contributed by atoms with Gasteiger partial charge in [-0.2, -0.15) is 9.97 Å². The first-order valence-electron chi connectivity index (χ1n) is 24.2. The van der Waals surface area contributed by atoms with E-state index in [1.54, 1.807) is 14.2 Å². The molecule has 3 unspecified atom stereocenters. The lowest BCUT2D eigenvalue weighted by molar-refractivity contribution is -0.0510. The molecule has 7 aromatic rings. The molecular formula is C56H60N6O4. The number of rotatable bonds is 14. The number of hydrogen-bond donors (Lipinski definition) is 0. The molecule has 338 valence electrons. The zero-order chi connectivity index (χ0) is 44.7. The van der Waals surface area contributed by atoms with Gasteiger partial charge in [0.1, 0.15) is 29.3 Å². The molecule has 9 heterocycles. The summed E-state index contributed by atoms with van der Waals surface area (Å²) in [5.74, 6) is 5.70. The van der Waals surface area contributed by atoms with Gasteiger partial charge in [-0.05, 0) is 117 Å². The number of fused-ring (bicyclic) bond motifs is 8. The highest BCUT2D eigenvalue weighted by molar-refractivity contribution is 5.85. The summed E-state index contributed by atoms with van der Waals surface area (Å²) in [5, 5.41) is 2.02. The molecule has 6 fully saturated rings. The predicted octanol–water partition coefficient (Wildman–Crippen LogP) is 11.4. The van der Waals surface area contributed by atoms with Gasteiger partial charge >= 0.3 is 0 Å². The Bertz CT molecular complexity index is 2680. The maximum Gasteiger partial charge on any atom is 0.229 e. The summed E-state index contributed by atoms with van der Waals surface area (Å²) >= 11 is 0. The Balaban J connectivity index is 1.13. The van der Waals surface area contributed by atoms with Crippen molar-refractivity contribution in [1.29, 1.82) is 0 Å². The van der Waals surface area contributed by atoms with E-state index in [9.17, 15) is 0 Å². The van der Waals surface area contributed by atoms with Crippen LogP contribution in [-0.2, 0) is 0 Å². The maximum atomic E-state index is 7.76. The number of hydrogen-bond acceptors (Lipinski definition) is 10. The summed E-state index contributed by atoms with van der Waals surface area (Å²) in [7, 11) is 3.44. The maximum absolute atomic E-state index is 7.76. The monoisotopic (exact) mass is 880 g/mol. The molecule has 0 aliphatic carbocycles. The molecule has 10 nitrogen and oxygen atoms in total.